The minimum Gasteiger partial charge on any atom is -0.396 e. The maximum absolute atomic E-state index is 4.83. The third-order valence-electron chi connectivity index (χ3n) is 0.543. The van der Waals surface area contributed by atoms with Gasteiger partial charge in [-0.25, -0.2) is 0 Å². The summed E-state index contributed by atoms with van der Waals surface area (Å²) in [5.41, 5.74) is 0.971. The molecule has 0 rings (SSSR count). The summed E-state index contributed by atoms with van der Waals surface area (Å²) in [7, 11) is 0. The second-order valence-corrected chi connectivity index (χ2v) is 1.87. The molecule has 0 saturated carbocycles. The van der Waals surface area contributed by atoms with Gasteiger partial charge in [0.2, 0.25) is 0 Å². The lowest BCUT2D eigenvalue weighted by Crippen LogP contribution is -1.87. The molecule has 0 aromatic carbocycles. The fourth-order valence-corrected chi connectivity index (χ4v) is 0.266. The van der Waals surface area contributed by atoms with Crippen molar-refractivity contribution >= 4 is 5.71 Å². The van der Waals surface area contributed by atoms with Crippen molar-refractivity contribution in [3.05, 3.63) is 0 Å². The van der Waals surface area contributed by atoms with E-state index in [1.54, 1.807) is 0 Å². The standard InChI is InChI=1S/C6H13NO.C2H6/c1-4-5-8-7-6(2)3;1-2/h4-5H2,1-3H3;1-2H3. The Morgan fingerprint density at radius 2 is 1.80 bits per heavy atom. The van der Waals surface area contributed by atoms with Crippen LogP contribution in [-0.2, 0) is 4.84 Å². The molecule has 0 aliphatic heterocycles. The van der Waals surface area contributed by atoms with Gasteiger partial charge < -0.3 is 4.84 Å². The van der Waals surface area contributed by atoms with E-state index in [4.69, 9.17) is 4.84 Å². The second-order valence-electron chi connectivity index (χ2n) is 1.87. The Labute approximate surface area is 64.3 Å². The summed E-state index contributed by atoms with van der Waals surface area (Å²) < 4.78 is 0. The Hall–Kier alpha value is -0.530. The highest BCUT2D eigenvalue weighted by atomic mass is 16.6. The molecule has 0 radical (unpaired) electrons. The van der Waals surface area contributed by atoms with Crippen molar-refractivity contribution in [1.82, 2.24) is 0 Å². The van der Waals surface area contributed by atoms with E-state index in [0.29, 0.717) is 0 Å². The monoisotopic (exact) mass is 145 g/mol. The summed E-state index contributed by atoms with van der Waals surface area (Å²) in [6.45, 7) is 10.6. The van der Waals surface area contributed by atoms with Crippen molar-refractivity contribution in [3.63, 3.8) is 0 Å². The molecule has 0 atom stereocenters. The fourth-order valence-electron chi connectivity index (χ4n) is 0.266. The molecule has 0 aliphatic rings. The number of oxime groups is 1. The van der Waals surface area contributed by atoms with Gasteiger partial charge in [-0.1, -0.05) is 25.9 Å². The lowest BCUT2D eigenvalue weighted by molar-refractivity contribution is 0.144. The van der Waals surface area contributed by atoms with Gasteiger partial charge in [-0.3, -0.25) is 0 Å². The predicted molar refractivity (Wildman–Crippen MR) is 46.4 cm³/mol. The number of hydrogen-bond donors (Lipinski definition) is 0. The van der Waals surface area contributed by atoms with Gasteiger partial charge in [-0.05, 0) is 20.3 Å². The molecule has 2 heteroatoms. The van der Waals surface area contributed by atoms with Crippen molar-refractivity contribution in [3.8, 4) is 0 Å². The quantitative estimate of drug-likeness (QED) is 0.340. The molecule has 0 N–H and O–H groups in total. The molecule has 0 aliphatic carbocycles. The van der Waals surface area contributed by atoms with Crippen molar-refractivity contribution in [1.29, 1.82) is 0 Å². The third-order valence-corrected chi connectivity index (χ3v) is 0.543. The van der Waals surface area contributed by atoms with Gasteiger partial charge in [-0.2, -0.15) is 0 Å². The smallest absolute Gasteiger partial charge is 0.116 e. The normalized spacial score (nSPS) is 7.30. The highest BCUT2D eigenvalue weighted by Crippen LogP contribution is 1.81. The Bertz CT molecular complexity index is 75.3. The van der Waals surface area contributed by atoms with Crippen LogP contribution in [0.3, 0.4) is 0 Å². The Morgan fingerprint density at radius 1 is 1.30 bits per heavy atom. The predicted octanol–water partition coefficient (Wildman–Crippen LogP) is 2.84. The van der Waals surface area contributed by atoms with Gasteiger partial charge in [0, 0.05) is 0 Å². The van der Waals surface area contributed by atoms with Crippen LogP contribution in [0.4, 0.5) is 0 Å². The van der Waals surface area contributed by atoms with Crippen molar-refractivity contribution < 1.29 is 4.84 Å². The van der Waals surface area contributed by atoms with Crippen molar-refractivity contribution in [2.24, 2.45) is 5.16 Å². The van der Waals surface area contributed by atoms with E-state index >= 15 is 0 Å². The SMILES string of the molecule is CC.CCCON=C(C)C. The first-order valence-corrected chi connectivity index (χ1v) is 3.90. The molecule has 0 heterocycles. The summed E-state index contributed by atoms with van der Waals surface area (Å²) in [6, 6.07) is 0. The maximum atomic E-state index is 4.83. The first kappa shape index (κ1) is 12.2. The molecule has 62 valence electrons. The summed E-state index contributed by atoms with van der Waals surface area (Å²) in [4.78, 5) is 4.83. The fraction of sp³-hybridized carbons (Fsp3) is 0.875. The molecule has 0 bridgehead atoms. The molecule has 0 saturated heterocycles. The van der Waals surface area contributed by atoms with Crippen LogP contribution >= 0.6 is 0 Å². The first-order chi connectivity index (χ1) is 4.77. The largest absolute Gasteiger partial charge is 0.396 e. The maximum Gasteiger partial charge on any atom is 0.116 e. The van der Waals surface area contributed by atoms with Gasteiger partial charge in [0.25, 0.3) is 0 Å². The minimum absolute atomic E-state index is 0.727. The average molecular weight is 145 g/mol. The molecular weight excluding hydrogens is 126 g/mol. The van der Waals surface area contributed by atoms with Crippen LogP contribution < -0.4 is 0 Å². The highest BCUT2D eigenvalue weighted by Gasteiger charge is 1.77. The number of nitrogens with zero attached hydrogens (tertiary/aromatic N) is 1. The number of rotatable bonds is 3. The van der Waals surface area contributed by atoms with E-state index < -0.39 is 0 Å². The van der Waals surface area contributed by atoms with Crippen molar-refractivity contribution in [2.75, 3.05) is 6.61 Å². The van der Waals surface area contributed by atoms with Crippen molar-refractivity contribution in [2.45, 2.75) is 41.0 Å². The molecule has 0 aromatic rings. The van der Waals surface area contributed by atoms with E-state index in [0.717, 1.165) is 18.7 Å². The summed E-state index contributed by atoms with van der Waals surface area (Å²) in [5, 5.41) is 3.73. The summed E-state index contributed by atoms with van der Waals surface area (Å²) in [6.07, 6.45) is 1.02. The highest BCUT2D eigenvalue weighted by molar-refractivity contribution is 5.78. The number of hydrogen-bond acceptors (Lipinski definition) is 2. The average Bonchev–Trinajstić information content (AvgIpc) is 1.92. The van der Waals surface area contributed by atoms with Gasteiger partial charge in [0.15, 0.2) is 0 Å². The van der Waals surface area contributed by atoms with Crippen LogP contribution in [0.2, 0.25) is 0 Å². The Kier molecular flexibility index (Phi) is 13.7. The molecule has 0 aromatic heterocycles. The van der Waals surface area contributed by atoms with Gasteiger partial charge in [0.05, 0.1) is 5.71 Å². The molecule has 0 spiro atoms. The third kappa shape index (κ3) is 15.6. The first-order valence-electron chi connectivity index (χ1n) is 3.90. The minimum atomic E-state index is 0.727. The Balaban J connectivity index is 0. The summed E-state index contributed by atoms with van der Waals surface area (Å²) in [5.74, 6) is 0. The van der Waals surface area contributed by atoms with Crippen LogP contribution in [0.25, 0.3) is 0 Å². The van der Waals surface area contributed by atoms with E-state index in [-0.39, 0.29) is 0 Å². The topological polar surface area (TPSA) is 21.6 Å². The molecular formula is C8H19NO. The zero-order valence-corrected chi connectivity index (χ0v) is 7.77. The molecule has 0 amide bonds. The van der Waals surface area contributed by atoms with E-state index in [2.05, 4.69) is 12.1 Å². The van der Waals surface area contributed by atoms with Crippen LogP contribution in [0, 0.1) is 0 Å². The van der Waals surface area contributed by atoms with Crippen LogP contribution in [0.1, 0.15) is 41.0 Å². The molecule has 10 heavy (non-hydrogen) atoms. The van der Waals surface area contributed by atoms with Crippen LogP contribution in [0.5, 0.6) is 0 Å². The van der Waals surface area contributed by atoms with E-state index in [1.165, 1.54) is 0 Å². The molecule has 0 unspecified atom stereocenters. The molecule has 2 nitrogen and oxygen atoms in total. The van der Waals surface area contributed by atoms with E-state index in [1.807, 2.05) is 27.7 Å². The van der Waals surface area contributed by atoms with Gasteiger partial charge in [0.1, 0.15) is 6.61 Å². The molecule has 0 fully saturated rings. The second kappa shape index (κ2) is 11.3. The van der Waals surface area contributed by atoms with E-state index in [9.17, 15) is 0 Å². The van der Waals surface area contributed by atoms with Gasteiger partial charge >= 0.3 is 0 Å². The lowest BCUT2D eigenvalue weighted by Gasteiger charge is -1.93. The zero-order chi connectivity index (χ0) is 8.41. The van der Waals surface area contributed by atoms with Crippen LogP contribution in [-0.4, -0.2) is 12.3 Å². The van der Waals surface area contributed by atoms with Gasteiger partial charge in [-0.15, -0.1) is 0 Å². The Morgan fingerprint density at radius 3 is 2.10 bits per heavy atom. The summed E-state index contributed by atoms with van der Waals surface area (Å²) >= 11 is 0. The van der Waals surface area contributed by atoms with Crippen LogP contribution in [0.15, 0.2) is 5.16 Å². The lowest BCUT2D eigenvalue weighted by atomic mass is 10.5. The zero-order valence-electron chi connectivity index (χ0n) is 7.77.